The molecule has 1 aromatic carbocycles. The van der Waals surface area contributed by atoms with Crippen LogP contribution in [0.4, 0.5) is 5.95 Å². The van der Waals surface area contributed by atoms with Gasteiger partial charge in [0, 0.05) is 11.4 Å². The molecule has 174 valence electrons. The van der Waals surface area contributed by atoms with Crippen LogP contribution in [0.15, 0.2) is 34.6 Å². The molecule has 3 rings (SSSR count). The van der Waals surface area contributed by atoms with E-state index < -0.39 is 6.04 Å². The first-order chi connectivity index (χ1) is 15.5. The van der Waals surface area contributed by atoms with Crippen LogP contribution >= 0.6 is 11.8 Å². The Balaban J connectivity index is 2.05. The fourth-order valence-corrected chi connectivity index (χ4v) is 4.15. The zero-order valence-electron chi connectivity index (χ0n) is 19.4. The lowest BCUT2D eigenvalue weighted by Gasteiger charge is -2.28. The summed E-state index contributed by atoms with van der Waals surface area (Å²) in [5, 5.41) is 8.59. The number of nitrogens with one attached hydrogen (secondary N) is 1. The van der Waals surface area contributed by atoms with E-state index in [2.05, 4.69) is 24.1 Å². The van der Waals surface area contributed by atoms with Gasteiger partial charge in [0.15, 0.2) is 11.5 Å². The third-order valence-corrected chi connectivity index (χ3v) is 6.07. The van der Waals surface area contributed by atoms with Gasteiger partial charge >= 0.3 is 5.97 Å². The molecule has 1 atom stereocenters. The van der Waals surface area contributed by atoms with E-state index in [1.165, 1.54) is 0 Å². The molecule has 0 aliphatic carbocycles. The highest BCUT2D eigenvalue weighted by molar-refractivity contribution is 7.99. The minimum atomic E-state index is -0.493. The predicted molar refractivity (Wildman–Crippen MR) is 126 cm³/mol. The van der Waals surface area contributed by atoms with Crippen molar-refractivity contribution < 1.29 is 19.0 Å². The van der Waals surface area contributed by atoms with Gasteiger partial charge in [-0.2, -0.15) is 4.98 Å². The summed E-state index contributed by atoms with van der Waals surface area (Å²) in [6, 6.07) is 5.23. The van der Waals surface area contributed by atoms with Crippen LogP contribution in [-0.4, -0.2) is 46.8 Å². The number of benzene rings is 1. The molecule has 0 bridgehead atoms. The zero-order valence-corrected chi connectivity index (χ0v) is 20.3. The molecule has 8 nitrogen and oxygen atoms in total. The highest BCUT2D eigenvalue weighted by atomic mass is 32.2. The molecule has 32 heavy (non-hydrogen) atoms. The maximum Gasteiger partial charge on any atom is 0.338 e. The number of hydrogen-bond donors (Lipinski definition) is 1. The van der Waals surface area contributed by atoms with Crippen molar-refractivity contribution in [3.8, 4) is 11.5 Å². The SMILES string of the molecule is CCCCOc1ccc(C2C(C(=O)OCC)=C(C)Nc3nc(SCCC)nn32)cc1OC. The number of methoxy groups -OCH3 is 1. The topological polar surface area (TPSA) is 87.5 Å². The largest absolute Gasteiger partial charge is 0.493 e. The van der Waals surface area contributed by atoms with Gasteiger partial charge in [-0.3, -0.25) is 0 Å². The smallest absolute Gasteiger partial charge is 0.338 e. The second-order valence-electron chi connectivity index (χ2n) is 7.41. The second-order valence-corrected chi connectivity index (χ2v) is 8.47. The Labute approximate surface area is 193 Å². The van der Waals surface area contributed by atoms with E-state index >= 15 is 0 Å². The first-order valence-electron chi connectivity index (χ1n) is 11.1. The lowest BCUT2D eigenvalue weighted by Crippen LogP contribution is -2.29. The van der Waals surface area contributed by atoms with Crippen LogP contribution in [0.2, 0.25) is 0 Å². The number of aromatic nitrogens is 3. The van der Waals surface area contributed by atoms with Gasteiger partial charge in [-0.15, -0.1) is 5.10 Å². The average Bonchev–Trinajstić information content (AvgIpc) is 3.19. The molecule has 0 saturated heterocycles. The molecule has 0 saturated carbocycles. The van der Waals surface area contributed by atoms with Crippen molar-refractivity contribution in [2.45, 2.75) is 58.2 Å². The number of thioether (sulfide) groups is 1. The number of ether oxygens (including phenoxy) is 3. The average molecular weight is 461 g/mol. The molecule has 2 heterocycles. The van der Waals surface area contributed by atoms with Crippen LogP contribution in [0.1, 0.15) is 58.6 Å². The maximum atomic E-state index is 12.9. The molecule has 0 amide bonds. The molecule has 1 aromatic heterocycles. The Morgan fingerprint density at radius 2 is 2.03 bits per heavy atom. The summed E-state index contributed by atoms with van der Waals surface area (Å²) in [7, 11) is 1.61. The Morgan fingerprint density at radius 3 is 2.72 bits per heavy atom. The van der Waals surface area contributed by atoms with Gasteiger partial charge in [-0.1, -0.05) is 38.1 Å². The van der Waals surface area contributed by atoms with Crippen LogP contribution in [0, 0.1) is 0 Å². The van der Waals surface area contributed by atoms with Crippen LogP contribution in [0.3, 0.4) is 0 Å². The molecule has 9 heteroatoms. The number of anilines is 1. The Morgan fingerprint density at radius 1 is 1.22 bits per heavy atom. The van der Waals surface area contributed by atoms with Gasteiger partial charge < -0.3 is 19.5 Å². The first-order valence-corrected chi connectivity index (χ1v) is 12.1. The van der Waals surface area contributed by atoms with Crippen LogP contribution < -0.4 is 14.8 Å². The molecule has 0 radical (unpaired) electrons. The number of fused-ring (bicyclic) bond motifs is 1. The summed E-state index contributed by atoms with van der Waals surface area (Å²) < 4.78 is 18.6. The van der Waals surface area contributed by atoms with Crippen molar-refractivity contribution in [2.75, 3.05) is 31.4 Å². The predicted octanol–water partition coefficient (Wildman–Crippen LogP) is 4.82. The van der Waals surface area contributed by atoms with E-state index in [1.807, 2.05) is 25.1 Å². The highest BCUT2D eigenvalue weighted by Gasteiger charge is 2.35. The maximum absolute atomic E-state index is 12.9. The van der Waals surface area contributed by atoms with Gasteiger partial charge in [0.25, 0.3) is 0 Å². The third-order valence-electron chi connectivity index (χ3n) is 5.02. The van der Waals surface area contributed by atoms with Crippen molar-refractivity contribution in [3.63, 3.8) is 0 Å². The number of allylic oxidation sites excluding steroid dienone is 1. The molecule has 1 aliphatic rings. The van der Waals surface area contributed by atoms with E-state index in [1.54, 1.807) is 30.5 Å². The van der Waals surface area contributed by atoms with Gasteiger partial charge in [0.2, 0.25) is 11.1 Å². The number of rotatable bonds is 11. The molecule has 0 fully saturated rings. The van der Waals surface area contributed by atoms with Crippen LogP contribution in [0.5, 0.6) is 11.5 Å². The minimum absolute atomic E-state index is 0.289. The normalized spacial score (nSPS) is 15.2. The van der Waals surface area contributed by atoms with Gasteiger partial charge in [0.1, 0.15) is 6.04 Å². The Bertz CT molecular complexity index is 973. The van der Waals surface area contributed by atoms with E-state index in [9.17, 15) is 4.79 Å². The lowest BCUT2D eigenvalue weighted by molar-refractivity contribution is -0.139. The van der Waals surface area contributed by atoms with Crippen molar-refractivity contribution in [1.82, 2.24) is 14.8 Å². The summed E-state index contributed by atoms with van der Waals surface area (Å²) in [4.78, 5) is 17.6. The number of carbonyl (C=O) groups is 1. The zero-order chi connectivity index (χ0) is 23.1. The summed E-state index contributed by atoms with van der Waals surface area (Å²) in [6.45, 7) is 8.80. The van der Waals surface area contributed by atoms with E-state index in [-0.39, 0.29) is 12.6 Å². The van der Waals surface area contributed by atoms with Crippen molar-refractivity contribution in [1.29, 1.82) is 0 Å². The fraction of sp³-hybridized carbons (Fsp3) is 0.522. The lowest BCUT2D eigenvalue weighted by atomic mass is 9.95. The molecule has 1 aliphatic heterocycles. The highest BCUT2D eigenvalue weighted by Crippen LogP contribution is 2.39. The number of carbonyl (C=O) groups excluding carboxylic acids is 1. The third kappa shape index (κ3) is 5.20. The molecule has 1 unspecified atom stereocenters. The molecule has 0 spiro atoms. The number of hydrogen-bond acceptors (Lipinski definition) is 8. The van der Waals surface area contributed by atoms with Crippen LogP contribution in [-0.2, 0) is 9.53 Å². The van der Waals surface area contributed by atoms with Crippen LogP contribution in [0.25, 0.3) is 0 Å². The summed E-state index contributed by atoms with van der Waals surface area (Å²) in [5.74, 6) is 2.42. The molecule has 1 N–H and O–H groups in total. The standard InChI is InChI=1S/C23H32N4O4S/c1-6-9-12-31-17-11-10-16(14-18(17)29-5)20-19(21(28)30-8-3)15(4)24-22-25-23(26-27(20)22)32-13-7-2/h10-11,14,20H,6-9,12-13H2,1-5H3,(H,24,25,26). The van der Waals surface area contributed by atoms with Crippen molar-refractivity contribution in [2.24, 2.45) is 0 Å². The molecular weight excluding hydrogens is 428 g/mol. The minimum Gasteiger partial charge on any atom is -0.493 e. The number of esters is 1. The summed E-state index contributed by atoms with van der Waals surface area (Å²) in [5.41, 5.74) is 2.03. The number of nitrogens with zero attached hydrogens (tertiary/aromatic N) is 3. The quantitative estimate of drug-likeness (QED) is 0.290. The van der Waals surface area contributed by atoms with Gasteiger partial charge in [0.05, 0.1) is 25.9 Å². The molecule has 2 aromatic rings. The number of unbranched alkanes of at least 4 members (excludes halogenated alkanes) is 1. The van der Waals surface area contributed by atoms with E-state index in [4.69, 9.17) is 19.3 Å². The van der Waals surface area contributed by atoms with E-state index in [0.717, 1.165) is 30.6 Å². The van der Waals surface area contributed by atoms with Crippen molar-refractivity contribution >= 4 is 23.7 Å². The monoisotopic (exact) mass is 460 g/mol. The van der Waals surface area contributed by atoms with Gasteiger partial charge in [-0.25, -0.2) is 9.48 Å². The molecular formula is C23H32N4O4S. The van der Waals surface area contributed by atoms with Crippen molar-refractivity contribution in [3.05, 3.63) is 35.0 Å². The summed E-state index contributed by atoms with van der Waals surface area (Å²) >= 11 is 1.59. The fourth-order valence-electron chi connectivity index (χ4n) is 3.47. The Hall–Kier alpha value is -2.68. The Kier molecular flexibility index (Phi) is 8.44. The first kappa shape index (κ1) is 24.0. The summed E-state index contributed by atoms with van der Waals surface area (Å²) in [6.07, 6.45) is 3.04. The van der Waals surface area contributed by atoms with Gasteiger partial charge in [-0.05, 0) is 44.4 Å². The van der Waals surface area contributed by atoms with E-state index in [0.29, 0.717) is 40.5 Å². The second kappa shape index (κ2) is 11.3.